The first-order chi connectivity index (χ1) is 18.9. The molecule has 0 amide bonds. The van der Waals surface area contributed by atoms with E-state index in [0.29, 0.717) is 12.0 Å². The molecule has 0 unspecified atom stereocenters. The Balaban J connectivity index is 1.69. The Morgan fingerprint density at radius 2 is 1.93 bits per heavy atom. The second-order valence-corrected chi connectivity index (χ2v) is 11.5. The average Bonchev–Trinajstić information content (AvgIpc) is 3.21. The molecule has 1 aromatic rings. The van der Waals surface area contributed by atoms with Gasteiger partial charge in [0.25, 0.3) is 0 Å². The zero-order chi connectivity index (χ0) is 29.0. The summed E-state index contributed by atoms with van der Waals surface area (Å²) in [6.07, 6.45) is 0.541. The number of ketones is 2. The highest BCUT2D eigenvalue weighted by Crippen LogP contribution is 2.62. The SMILES string of the molecule is COC[C@H]1OC(=O)/C(=C\N[C@H](C)c2ccccc2)C2=C(O)C(=O)C3=C([C@H](OC(C)=O)C[C@]4(C)C(=O)CC[C@@H]34)[C@]21C. The van der Waals surface area contributed by atoms with Gasteiger partial charge in [-0.3, -0.25) is 14.4 Å². The van der Waals surface area contributed by atoms with Crippen LogP contribution in [0, 0.1) is 16.7 Å². The number of esters is 2. The minimum absolute atomic E-state index is 0.00313. The van der Waals surface area contributed by atoms with Gasteiger partial charge < -0.3 is 24.6 Å². The maximum Gasteiger partial charge on any atom is 0.340 e. The number of fused-ring (bicyclic) bond motifs is 4. The molecule has 9 nitrogen and oxygen atoms in total. The van der Waals surface area contributed by atoms with E-state index in [2.05, 4.69) is 5.32 Å². The number of aliphatic hydroxyl groups excluding tert-OH is 1. The predicted octanol–water partition coefficient (Wildman–Crippen LogP) is 3.81. The van der Waals surface area contributed by atoms with Crippen LogP contribution < -0.4 is 5.32 Å². The van der Waals surface area contributed by atoms with E-state index in [1.165, 1.54) is 20.2 Å². The van der Waals surface area contributed by atoms with Crippen LogP contribution in [0.1, 0.15) is 58.6 Å². The fourth-order valence-corrected chi connectivity index (χ4v) is 7.14. The van der Waals surface area contributed by atoms with E-state index in [1.807, 2.05) is 37.3 Å². The molecule has 1 aliphatic heterocycles. The molecular formula is C31H35NO8. The van der Waals surface area contributed by atoms with Crippen molar-refractivity contribution in [1.82, 2.24) is 5.32 Å². The third-order valence-corrected chi connectivity index (χ3v) is 9.20. The van der Waals surface area contributed by atoms with Crippen molar-refractivity contribution < 1.29 is 38.5 Å². The molecule has 4 aliphatic rings. The number of cyclic esters (lactones) is 1. The molecular weight excluding hydrogens is 514 g/mol. The topological polar surface area (TPSA) is 128 Å². The van der Waals surface area contributed by atoms with Crippen molar-refractivity contribution in [3.05, 3.63) is 70.1 Å². The summed E-state index contributed by atoms with van der Waals surface area (Å²) < 4.78 is 17.2. The van der Waals surface area contributed by atoms with Gasteiger partial charge >= 0.3 is 11.9 Å². The molecule has 5 rings (SSSR count). The molecule has 2 N–H and O–H groups in total. The molecule has 0 radical (unpaired) electrons. The van der Waals surface area contributed by atoms with E-state index in [4.69, 9.17) is 14.2 Å². The van der Waals surface area contributed by atoms with E-state index in [1.54, 1.807) is 13.8 Å². The van der Waals surface area contributed by atoms with Crippen LogP contribution in [0.3, 0.4) is 0 Å². The summed E-state index contributed by atoms with van der Waals surface area (Å²) >= 11 is 0. The second kappa shape index (κ2) is 10.0. The summed E-state index contributed by atoms with van der Waals surface area (Å²) in [6.45, 7) is 6.75. The fourth-order valence-electron chi connectivity index (χ4n) is 7.14. The number of ether oxygens (including phenoxy) is 3. The molecule has 9 heteroatoms. The number of hydrogen-bond donors (Lipinski definition) is 2. The first-order valence-corrected chi connectivity index (χ1v) is 13.6. The Kier molecular flexibility index (Phi) is 6.98. The van der Waals surface area contributed by atoms with Crippen LogP contribution in [-0.4, -0.2) is 54.5 Å². The van der Waals surface area contributed by atoms with Crippen molar-refractivity contribution in [2.75, 3.05) is 13.7 Å². The first kappa shape index (κ1) is 27.8. The van der Waals surface area contributed by atoms with Crippen molar-refractivity contribution in [3.63, 3.8) is 0 Å². The van der Waals surface area contributed by atoms with Gasteiger partial charge in [0.2, 0.25) is 5.78 Å². The Labute approximate surface area is 233 Å². The lowest BCUT2D eigenvalue weighted by Gasteiger charge is -2.53. The Morgan fingerprint density at radius 3 is 2.58 bits per heavy atom. The molecule has 0 bridgehead atoms. The van der Waals surface area contributed by atoms with Crippen molar-refractivity contribution in [2.24, 2.45) is 16.7 Å². The largest absolute Gasteiger partial charge is 0.504 e. The van der Waals surface area contributed by atoms with Crippen LogP contribution in [0.5, 0.6) is 0 Å². The molecule has 0 spiro atoms. The molecule has 1 saturated heterocycles. The molecule has 6 atom stereocenters. The highest BCUT2D eigenvalue weighted by atomic mass is 16.6. The number of hydrogen-bond acceptors (Lipinski definition) is 9. The Hall–Kier alpha value is -3.72. The summed E-state index contributed by atoms with van der Waals surface area (Å²) in [7, 11) is 1.47. The maximum atomic E-state index is 14.0. The summed E-state index contributed by atoms with van der Waals surface area (Å²) in [6, 6.07) is 9.40. The lowest BCUT2D eigenvalue weighted by molar-refractivity contribution is -0.160. The van der Waals surface area contributed by atoms with E-state index in [0.717, 1.165) is 5.56 Å². The van der Waals surface area contributed by atoms with Crippen molar-refractivity contribution in [3.8, 4) is 0 Å². The summed E-state index contributed by atoms with van der Waals surface area (Å²) in [5.41, 5.74) is -0.365. The van der Waals surface area contributed by atoms with E-state index in [9.17, 15) is 24.3 Å². The Morgan fingerprint density at radius 1 is 1.23 bits per heavy atom. The summed E-state index contributed by atoms with van der Waals surface area (Å²) in [4.78, 5) is 52.8. The summed E-state index contributed by atoms with van der Waals surface area (Å²) in [5, 5.41) is 14.8. The predicted molar refractivity (Wildman–Crippen MR) is 144 cm³/mol. The third-order valence-electron chi connectivity index (χ3n) is 9.20. The molecule has 0 aromatic heterocycles. The number of methoxy groups -OCH3 is 1. The van der Waals surface area contributed by atoms with Crippen LogP contribution in [0.4, 0.5) is 0 Å². The van der Waals surface area contributed by atoms with Crippen LogP contribution >= 0.6 is 0 Å². The van der Waals surface area contributed by atoms with E-state index in [-0.39, 0.29) is 48.0 Å². The van der Waals surface area contributed by atoms with Gasteiger partial charge in [-0.25, -0.2) is 4.79 Å². The van der Waals surface area contributed by atoms with Crippen molar-refractivity contribution >= 4 is 23.5 Å². The van der Waals surface area contributed by atoms with Crippen LogP contribution in [-0.2, 0) is 33.4 Å². The van der Waals surface area contributed by atoms with Crippen LogP contribution in [0.2, 0.25) is 0 Å². The summed E-state index contributed by atoms with van der Waals surface area (Å²) in [5.74, 6) is -2.96. The number of Topliss-reactive ketones (excluding diaryl/α,β-unsaturated/α-hetero) is 2. The highest BCUT2D eigenvalue weighted by Gasteiger charge is 2.64. The minimum Gasteiger partial charge on any atom is -0.504 e. The standard InChI is InChI=1S/C31H35NO8/c1-16(18-9-7-6-8-10-18)32-14-19-25-28(36)27(35)24-20-11-12-22(34)30(20,3)13-21(39-17(2)33)26(24)31(25,4)23(15-38-5)40-29(19)37/h6-10,14,16,20-21,23,32,36H,11-13,15H2,1-5H3/b19-14-/t16-,20+,21-,23-,30+,31+/m1/s1. The molecule has 1 aromatic carbocycles. The van der Waals surface area contributed by atoms with Crippen molar-refractivity contribution in [1.29, 1.82) is 0 Å². The number of carbonyl (C=O) groups is 4. The minimum atomic E-state index is -1.27. The van der Waals surface area contributed by atoms with Gasteiger partial charge in [-0.2, -0.15) is 0 Å². The number of nitrogens with one attached hydrogen (secondary N) is 1. The van der Waals surface area contributed by atoms with Gasteiger partial charge in [0, 0.05) is 61.6 Å². The quantitative estimate of drug-likeness (QED) is 0.402. The van der Waals surface area contributed by atoms with Crippen molar-refractivity contribution in [2.45, 2.75) is 65.2 Å². The Bertz CT molecular complexity index is 1370. The van der Waals surface area contributed by atoms with Gasteiger partial charge in [-0.15, -0.1) is 0 Å². The van der Waals surface area contributed by atoms with Gasteiger partial charge in [-0.05, 0) is 31.4 Å². The smallest absolute Gasteiger partial charge is 0.340 e. The van der Waals surface area contributed by atoms with Crippen LogP contribution in [0.15, 0.2) is 64.6 Å². The van der Waals surface area contributed by atoms with Crippen LogP contribution in [0.25, 0.3) is 0 Å². The number of rotatable bonds is 6. The lowest BCUT2D eigenvalue weighted by atomic mass is 9.53. The second-order valence-electron chi connectivity index (χ2n) is 11.5. The monoisotopic (exact) mass is 549 g/mol. The molecule has 2 fully saturated rings. The van der Waals surface area contributed by atoms with Gasteiger partial charge in [-0.1, -0.05) is 37.3 Å². The van der Waals surface area contributed by atoms with Gasteiger partial charge in [0.1, 0.15) is 18.0 Å². The fraction of sp³-hybridized carbons (Fsp3) is 0.484. The number of allylic oxidation sites excluding steroid dienone is 1. The number of carbonyl (C=O) groups excluding carboxylic acids is 4. The lowest BCUT2D eigenvalue weighted by Crippen LogP contribution is -2.57. The normalized spacial score (nSPS) is 33.3. The number of aliphatic hydroxyl groups is 1. The molecule has 1 heterocycles. The van der Waals surface area contributed by atoms with Gasteiger partial charge in [0.15, 0.2) is 5.76 Å². The highest BCUT2D eigenvalue weighted by molar-refractivity contribution is 6.14. The number of benzene rings is 1. The van der Waals surface area contributed by atoms with E-state index >= 15 is 0 Å². The average molecular weight is 550 g/mol. The maximum absolute atomic E-state index is 14.0. The first-order valence-electron chi connectivity index (χ1n) is 13.6. The van der Waals surface area contributed by atoms with E-state index < -0.39 is 52.4 Å². The molecule has 1 saturated carbocycles. The zero-order valence-corrected chi connectivity index (χ0v) is 23.4. The third kappa shape index (κ3) is 4.10. The zero-order valence-electron chi connectivity index (χ0n) is 23.4. The molecule has 3 aliphatic carbocycles. The van der Waals surface area contributed by atoms with Gasteiger partial charge in [0.05, 0.1) is 17.6 Å². The molecule has 40 heavy (non-hydrogen) atoms. The molecule has 212 valence electrons.